The number of rotatable bonds is 4. The topological polar surface area (TPSA) is 32.3 Å². The third-order valence-corrected chi connectivity index (χ3v) is 4.69. The zero-order chi connectivity index (χ0) is 13.0. The van der Waals surface area contributed by atoms with Gasteiger partial charge in [0.1, 0.15) is 11.6 Å². The predicted molar refractivity (Wildman–Crippen MR) is 74.5 cm³/mol. The van der Waals surface area contributed by atoms with Crippen molar-refractivity contribution < 1.29 is 9.50 Å². The number of benzene rings is 1. The highest BCUT2D eigenvalue weighted by atomic mass is 32.2. The summed E-state index contributed by atoms with van der Waals surface area (Å²) < 4.78 is 13.1. The maximum Gasteiger partial charge on any atom is 0.127 e. The molecule has 18 heavy (non-hydrogen) atoms. The zero-order valence-corrected chi connectivity index (χ0v) is 11.5. The maximum atomic E-state index is 13.1. The van der Waals surface area contributed by atoms with E-state index in [9.17, 15) is 9.50 Å². The first-order valence-corrected chi connectivity index (χ1v) is 7.72. The largest absolute Gasteiger partial charge is 0.508 e. The summed E-state index contributed by atoms with van der Waals surface area (Å²) in [5.41, 5.74) is 0.804. The minimum atomic E-state index is -0.378. The van der Waals surface area contributed by atoms with Gasteiger partial charge in [0.2, 0.25) is 0 Å². The maximum absolute atomic E-state index is 13.1. The van der Waals surface area contributed by atoms with E-state index in [0.717, 1.165) is 11.6 Å². The molecule has 0 bridgehead atoms. The van der Waals surface area contributed by atoms with Gasteiger partial charge in [-0.1, -0.05) is 12.8 Å². The highest BCUT2D eigenvalue weighted by molar-refractivity contribution is 7.99. The summed E-state index contributed by atoms with van der Waals surface area (Å²) in [6.07, 6.45) is 7.17. The van der Waals surface area contributed by atoms with Crippen LogP contribution in [0.3, 0.4) is 0 Å². The molecular weight excluding hydrogens is 249 g/mol. The molecule has 1 aliphatic rings. The Morgan fingerprint density at radius 1 is 1.33 bits per heavy atom. The normalized spacial score (nSPS) is 24.1. The average Bonchev–Trinajstić information content (AvgIpc) is 2.35. The van der Waals surface area contributed by atoms with Crippen LogP contribution in [0.5, 0.6) is 5.75 Å². The summed E-state index contributed by atoms with van der Waals surface area (Å²) in [6, 6.07) is 4.73. The Morgan fingerprint density at radius 3 is 2.83 bits per heavy atom. The quantitative estimate of drug-likeness (QED) is 0.879. The molecule has 1 saturated carbocycles. The average molecular weight is 269 g/mol. The monoisotopic (exact) mass is 269 g/mol. The Labute approximate surface area is 112 Å². The van der Waals surface area contributed by atoms with Crippen LogP contribution in [0.15, 0.2) is 18.2 Å². The van der Waals surface area contributed by atoms with E-state index in [4.69, 9.17) is 0 Å². The number of halogens is 1. The molecule has 100 valence electrons. The number of thioether (sulfide) groups is 1. The fourth-order valence-electron chi connectivity index (χ4n) is 2.60. The van der Waals surface area contributed by atoms with Crippen LogP contribution < -0.4 is 5.32 Å². The molecule has 0 aromatic heterocycles. The van der Waals surface area contributed by atoms with Gasteiger partial charge in [-0.25, -0.2) is 4.39 Å². The molecule has 0 radical (unpaired) electrons. The van der Waals surface area contributed by atoms with E-state index in [0.29, 0.717) is 17.8 Å². The molecule has 1 aromatic rings. The highest BCUT2D eigenvalue weighted by Gasteiger charge is 2.23. The first-order valence-electron chi connectivity index (χ1n) is 6.43. The first kappa shape index (κ1) is 13.7. The molecule has 0 amide bonds. The number of hydrogen-bond acceptors (Lipinski definition) is 3. The van der Waals surface area contributed by atoms with Crippen molar-refractivity contribution in [2.24, 2.45) is 0 Å². The smallest absolute Gasteiger partial charge is 0.127 e. The molecule has 0 heterocycles. The van der Waals surface area contributed by atoms with Crippen molar-refractivity contribution in [3.8, 4) is 5.75 Å². The lowest BCUT2D eigenvalue weighted by atomic mass is 9.94. The van der Waals surface area contributed by atoms with Crippen LogP contribution in [0.4, 0.5) is 4.39 Å². The second-order valence-electron chi connectivity index (χ2n) is 4.86. The zero-order valence-electron chi connectivity index (χ0n) is 10.7. The van der Waals surface area contributed by atoms with Gasteiger partial charge in [0.05, 0.1) is 0 Å². The standard InChI is InChI=1S/C14H20FNOS/c1-18-14-5-3-2-4-13(14)16-9-10-6-11(15)8-12(17)7-10/h6-8,13-14,16-17H,2-5,9H2,1H3. The van der Waals surface area contributed by atoms with Crippen molar-refractivity contribution in [1.82, 2.24) is 5.32 Å². The summed E-state index contributed by atoms with van der Waals surface area (Å²) in [7, 11) is 0. The molecule has 2 unspecified atom stereocenters. The van der Waals surface area contributed by atoms with Crippen LogP contribution in [-0.2, 0) is 6.54 Å². The van der Waals surface area contributed by atoms with E-state index in [2.05, 4.69) is 11.6 Å². The van der Waals surface area contributed by atoms with E-state index in [-0.39, 0.29) is 11.6 Å². The molecule has 1 fully saturated rings. The van der Waals surface area contributed by atoms with Gasteiger partial charge >= 0.3 is 0 Å². The summed E-state index contributed by atoms with van der Waals surface area (Å²) in [4.78, 5) is 0. The van der Waals surface area contributed by atoms with E-state index < -0.39 is 0 Å². The van der Waals surface area contributed by atoms with Crippen LogP contribution >= 0.6 is 11.8 Å². The minimum Gasteiger partial charge on any atom is -0.508 e. The number of aromatic hydroxyl groups is 1. The van der Waals surface area contributed by atoms with Crippen molar-refractivity contribution in [3.05, 3.63) is 29.6 Å². The lowest BCUT2D eigenvalue weighted by molar-refractivity contribution is 0.382. The van der Waals surface area contributed by atoms with Crippen LogP contribution in [-0.4, -0.2) is 22.7 Å². The molecule has 2 atom stereocenters. The summed E-state index contributed by atoms with van der Waals surface area (Å²) in [5, 5.41) is 13.5. The Hall–Kier alpha value is -0.740. The van der Waals surface area contributed by atoms with Crippen molar-refractivity contribution in [1.29, 1.82) is 0 Å². The first-order chi connectivity index (χ1) is 8.69. The van der Waals surface area contributed by atoms with Crippen LogP contribution in [0.2, 0.25) is 0 Å². The third kappa shape index (κ3) is 3.62. The number of phenols is 1. The van der Waals surface area contributed by atoms with Crippen molar-refractivity contribution >= 4 is 11.8 Å². The van der Waals surface area contributed by atoms with E-state index in [1.165, 1.54) is 31.7 Å². The van der Waals surface area contributed by atoms with E-state index in [1.807, 2.05) is 11.8 Å². The summed E-state index contributed by atoms with van der Waals surface area (Å²) >= 11 is 1.91. The number of phenolic OH excluding ortho intramolecular Hbond substituents is 1. The highest BCUT2D eigenvalue weighted by Crippen LogP contribution is 2.27. The molecule has 1 aromatic carbocycles. The van der Waals surface area contributed by atoms with Crippen molar-refractivity contribution in [2.75, 3.05) is 6.26 Å². The second kappa shape index (κ2) is 6.43. The van der Waals surface area contributed by atoms with Gasteiger partial charge in [0.25, 0.3) is 0 Å². The van der Waals surface area contributed by atoms with Gasteiger partial charge < -0.3 is 10.4 Å². The van der Waals surface area contributed by atoms with Gasteiger partial charge in [0.15, 0.2) is 0 Å². The molecular formula is C14H20FNOS. The van der Waals surface area contributed by atoms with Gasteiger partial charge in [-0.2, -0.15) is 11.8 Å². The molecule has 1 aliphatic carbocycles. The predicted octanol–water partition coefficient (Wildman–Crippen LogP) is 3.30. The Morgan fingerprint density at radius 2 is 2.11 bits per heavy atom. The second-order valence-corrected chi connectivity index (χ2v) is 5.94. The van der Waals surface area contributed by atoms with Gasteiger partial charge in [0, 0.05) is 23.9 Å². The van der Waals surface area contributed by atoms with Gasteiger partial charge in [-0.3, -0.25) is 0 Å². The summed E-state index contributed by atoms with van der Waals surface area (Å²) in [6.45, 7) is 0.618. The van der Waals surface area contributed by atoms with Crippen LogP contribution in [0.25, 0.3) is 0 Å². The molecule has 4 heteroatoms. The Bertz CT molecular complexity index is 379. The lowest BCUT2D eigenvalue weighted by Gasteiger charge is -2.31. The summed E-state index contributed by atoms with van der Waals surface area (Å²) in [5.74, 6) is -0.381. The molecule has 2 rings (SSSR count). The van der Waals surface area contributed by atoms with Crippen LogP contribution in [0.1, 0.15) is 31.2 Å². The Kier molecular flexibility index (Phi) is 4.89. The lowest BCUT2D eigenvalue weighted by Crippen LogP contribution is -2.39. The van der Waals surface area contributed by atoms with Crippen LogP contribution in [0, 0.1) is 5.82 Å². The number of hydrogen-bond donors (Lipinski definition) is 2. The number of nitrogens with one attached hydrogen (secondary N) is 1. The third-order valence-electron chi connectivity index (χ3n) is 3.52. The molecule has 0 saturated heterocycles. The van der Waals surface area contributed by atoms with E-state index >= 15 is 0 Å². The van der Waals surface area contributed by atoms with Gasteiger partial charge in [-0.05, 0) is 36.8 Å². The Balaban J connectivity index is 1.93. The molecule has 2 nitrogen and oxygen atoms in total. The SMILES string of the molecule is CSC1CCCCC1NCc1cc(O)cc(F)c1. The minimum absolute atomic E-state index is 0.00291. The fourth-order valence-corrected chi connectivity index (χ4v) is 3.56. The molecule has 0 aliphatic heterocycles. The van der Waals surface area contributed by atoms with Crippen molar-refractivity contribution in [2.45, 2.75) is 43.5 Å². The fraction of sp³-hybridized carbons (Fsp3) is 0.571. The van der Waals surface area contributed by atoms with Crippen molar-refractivity contribution in [3.63, 3.8) is 0 Å². The van der Waals surface area contributed by atoms with E-state index in [1.54, 1.807) is 6.07 Å². The molecule has 2 N–H and O–H groups in total. The molecule has 0 spiro atoms. The van der Waals surface area contributed by atoms with Gasteiger partial charge in [-0.15, -0.1) is 0 Å².